The lowest BCUT2D eigenvalue weighted by molar-refractivity contribution is -0.126. The van der Waals surface area contributed by atoms with E-state index in [0.29, 0.717) is 19.1 Å². The van der Waals surface area contributed by atoms with Crippen molar-refractivity contribution in [3.05, 3.63) is 0 Å². The third-order valence-corrected chi connectivity index (χ3v) is 3.65. The van der Waals surface area contributed by atoms with Gasteiger partial charge in [-0.1, -0.05) is 13.8 Å². The van der Waals surface area contributed by atoms with Gasteiger partial charge < -0.3 is 10.1 Å². The van der Waals surface area contributed by atoms with Crippen molar-refractivity contribution in [2.24, 2.45) is 5.92 Å². The zero-order chi connectivity index (χ0) is 15.8. The largest absolute Gasteiger partial charge is 0.377 e. The monoisotopic (exact) mass is 299 g/mol. The van der Waals surface area contributed by atoms with E-state index in [2.05, 4.69) is 15.5 Å². The molecule has 6 nitrogen and oxygen atoms in total. The number of imide groups is 1. The highest BCUT2D eigenvalue weighted by Crippen LogP contribution is 2.15. The van der Waals surface area contributed by atoms with Crippen LogP contribution in [0.4, 0.5) is 4.79 Å². The lowest BCUT2D eigenvalue weighted by Gasteiger charge is -2.35. The Morgan fingerprint density at radius 2 is 2.05 bits per heavy atom. The lowest BCUT2D eigenvalue weighted by atomic mass is 10.1. The summed E-state index contributed by atoms with van der Waals surface area (Å²) in [5, 5.41) is 5.09. The molecule has 0 aromatic heterocycles. The van der Waals surface area contributed by atoms with Gasteiger partial charge in [-0.05, 0) is 39.2 Å². The number of hydrogen-bond acceptors (Lipinski definition) is 4. The minimum Gasteiger partial charge on any atom is -0.377 e. The van der Waals surface area contributed by atoms with Gasteiger partial charge in [-0.15, -0.1) is 0 Å². The molecule has 0 spiro atoms. The van der Waals surface area contributed by atoms with E-state index in [1.165, 1.54) is 0 Å². The van der Waals surface area contributed by atoms with Crippen LogP contribution in [0.3, 0.4) is 0 Å². The van der Waals surface area contributed by atoms with Crippen molar-refractivity contribution < 1.29 is 14.3 Å². The Kier molecular flexibility index (Phi) is 7.67. The highest BCUT2D eigenvalue weighted by Gasteiger charge is 2.28. The van der Waals surface area contributed by atoms with Crippen LogP contribution in [0.1, 0.15) is 40.5 Å². The summed E-state index contributed by atoms with van der Waals surface area (Å²) in [6.45, 7) is 10.7. The highest BCUT2D eigenvalue weighted by molar-refractivity contribution is 5.96. The fourth-order valence-electron chi connectivity index (χ4n) is 2.41. The van der Waals surface area contributed by atoms with Gasteiger partial charge in [0.1, 0.15) is 0 Å². The topological polar surface area (TPSA) is 70.7 Å². The number of urea groups is 1. The fourth-order valence-corrected chi connectivity index (χ4v) is 2.41. The van der Waals surface area contributed by atoms with Gasteiger partial charge in [0, 0.05) is 19.7 Å². The molecule has 1 fully saturated rings. The standard InChI is InChI=1S/C15H29N3O3/c1-5-21-13-7-6-8-18(10-13)12(4)14(19)17-15(20)16-9-11(2)3/h11-13H,5-10H2,1-4H3,(H2,16,17,19,20). The number of carbonyl (C=O) groups is 2. The van der Waals surface area contributed by atoms with Crippen LogP contribution in [0.25, 0.3) is 0 Å². The molecule has 3 amide bonds. The number of rotatable bonds is 6. The van der Waals surface area contributed by atoms with Crippen molar-refractivity contribution in [1.82, 2.24) is 15.5 Å². The summed E-state index contributed by atoms with van der Waals surface area (Å²) < 4.78 is 5.64. The van der Waals surface area contributed by atoms with Crippen molar-refractivity contribution in [2.75, 3.05) is 26.2 Å². The van der Waals surface area contributed by atoms with Crippen LogP contribution in [-0.2, 0) is 9.53 Å². The van der Waals surface area contributed by atoms with E-state index in [4.69, 9.17) is 4.74 Å². The third-order valence-electron chi connectivity index (χ3n) is 3.65. The van der Waals surface area contributed by atoms with Gasteiger partial charge in [-0.2, -0.15) is 0 Å². The molecule has 2 N–H and O–H groups in total. The van der Waals surface area contributed by atoms with Crippen LogP contribution in [0, 0.1) is 5.92 Å². The second-order valence-corrected chi connectivity index (χ2v) is 5.98. The second-order valence-electron chi connectivity index (χ2n) is 5.98. The Balaban J connectivity index is 2.40. The molecule has 0 aromatic carbocycles. The number of nitrogens with one attached hydrogen (secondary N) is 2. The highest BCUT2D eigenvalue weighted by atomic mass is 16.5. The quantitative estimate of drug-likeness (QED) is 0.777. The maximum Gasteiger partial charge on any atom is 0.321 e. The molecule has 0 aromatic rings. The van der Waals surface area contributed by atoms with E-state index in [1.54, 1.807) is 0 Å². The van der Waals surface area contributed by atoms with Crippen LogP contribution < -0.4 is 10.6 Å². The van der Waals surface area contributed by atoms with Crippen molar-refractivity contribution in [1.29, 1.82) is 0 Å². The Hall–Kier alpha value is -1.14. The molecule has 0 saturated carbocycles. The first kappa shape index (κ1) is 17.9. The zero-order valence-electron chi connectivity index (χ0n) is 13.6. The number of amides is 3. The molecule has 0 aliphatic carbocycles. The van der Waals surface area contributed by atoms with Gasteiger partial charge in [0.05, 0.1) is 12.1 Å². The van der Waals surface area contributed by atoms with Crippen LogP contribution in [-0.4, -0.2) is 55.2 Å². The Morgan fingerprint density at radius 1 is 1.33 bits per heavy atom. The van der Waals surface area contributed by atoms with Crippen LogP contribution in [0.5, 0.6) is 0 Å². The minimum absolute atomic E-state index is 0.189. The number of piperidine rings is 1. The van der Waals surface area contributed by atoms with Gasteiger partial charge in [0.2, 0.25) is 5.91 Å². The zero-order valence-corrected chi connectivity index (χ0v) is 13.6. The fraction of sp³-hybridized carbons (Fsp3) is 0.867. The number of nitrogens with zero attached hydrogens (tertiary/aromatic N) is 1. The molecule has 0 radical (unpaired) electrons. The van der Waals surface area contributed by atoms with Gasteiger partial charge in [-0.3, -0.25) is 15.0 Å². The van der Waals surface area contributed by atoms with E-state index < -0.39 is 6.03 Å². The summed E-state index contributed by atoms with van der Waals surface area (Å²) >= 11 is 0. The van der Waals surface area contributed by atoms with Gasteiger partial charge in [-0.25, -0.2) is 4.79 Å². The first-order chi connectivity index (χ1) is 9.93. The summed E-state index contributed by atoms with van der Waals surface area (Å²) in [4.78, 5) is 25.8. The van der Waals surface area contributed by atoms with Gasteiger partial charge >= 0.3 is 6.03 Å². The number of carbonyl (C=O) groups excluding carboxylic acids is 2. The summed E-state index contributed by atoms with van der Waals surface area (Å²) in [5.41, 5.74) is 0. The van der Waals surface area contributed by atoms with Crippen molar-refractivity contribution in [3.63, 3.8) is 0 Å². The maximum absolute atomic E-state index is 12.1. The predicted molar refractivity (Wildman–Crippen MR) is 82.1 cm³/mol. The Morgan fingerprint density at radius 3 is 2.67 bits per heavy atom. The van der Waals surface area contributed by atoms with E-state index in [1.807, 2.05) is 27.7 Å². The van der Waals surface area contributed by atoms with Gasteiger partial charge in [0.15, 0.2) is 0 Å². The molecule has 1 heterocycles. The average molecular weight is 299 g/mol. The van der Waals surface area contributed by atoms with Crippen molar-refractivity contribution in [2.45, 2.75) is 52.7 Å². The molecule has 1 aliphatic heterocycles. The smallest absolute Gasteiger partial charge is 0.321 e. The van der Waals surface area contributed by atoms with E-state index >= 15 is 0 Å². The average Bonchev–Trinajstić information content (AvgIpc) is 2.45. The Labute approximate surface area is 127 Å². The number of likely N-dealkylation sites (tertiary alicyclic amines) is 1. The normalized spacial score (nSPS) is 21.1. The summed E-state index contributed by atoms with van der Waals surface area (Å²) in [5.74, 6) is 0.103. The summed E-state index contributed by atoms with van der Waals surface area (Å²) in [6.07, 6.45) is 2.24. The van der Waals surface area contributed by atoms with Crippen LogP contribution >= 0.6 is 0 Å². The van der Waals surface area contributed by atoms with Crippen LogP contribution in [0.15, 0.2) is 0 Å². The molecule has 122 valence electrons. The van der Waals surface area contributed by atoms with Crippen LogP contribution in [0.2, 0.25) is 0 Å². The molecule has 0 bridgehead atoms. The molecule has 21 heavy (non-hydrogen) atoms. The molecule has 1 rings (SSSR count). The molecule has 1 saturated heterocycles. The molecular weight excluding hydrogens is 270 g/mol. The van der Waals surface area contributed by atoms with E-state index in [-0.39, 0.29) is 18.1 Å². The van der Waals surface area contributed by atoms with E-state index in [0.717, 1.165) is 25.9 Å². The molecule has 1 aliphatic rings. The minimum atomic E-state index is -0.418. The summed E-state index contributed by atoms with van der Waals surface area (Å²) in [7, 11) is 0. The molecule has 2 unspecified atom stereocenters. The van der Waals surface area contributed by atoms with Gasteiger partial charge in [0.25, 0.3) is 0 Å². The molecular formula is C15H29N3O3. The molecule has 6 heteroatoms. The van der Waals surface area contributed by atoms with Crippen molar-refractivity contribution in [3.8, 4) is 0 Å². The third kappa shape index (κ3) is 6.44. The SMILES string of the molecule is CCOC1CCCN(C(C)C(=O)NC(=O)NCC(C)C)C1. The number of hydrogen-bond donors (Lipinski definition) is 2. The first-order valence-corrected chi connectivity index (χ1v) is 7.88. The lowest BCUT2D eigenvalue weighted by Crippen LogP contribution is -2.53. The second kappa shape index (κ2) is 9.00. The first-order valence-electron chi connectivity index (χ1n) is 7.88. The Bertz CT molecular complexity index is 345. The summed E-state index contributed by atoms with van der Waals surface area (Å²) in [6, 6.07) is -0.739. The van der Waals surface area contributed by atoms with Crippen molar-refractivity contribution >= 4 is 11.9 Å². The number of ether oxygens (including phenoxy) is 1. The maximum atomic E-state index is 12.1. The predicted octanol–water partition coefficient (Wildman–Crippen LogP) is 1.36. The van der Waals surface area contributed by atoms with E-state index in [9.17, 15) is 9.59 Å². The molecule has 2 atom stereocenters.